The normalized spacial score (nSPS) is 18.2. The monoisotopic (exact) mass is 259 g/mol. The van der Waals surface area contributed by atoms with E-state index in [0.29, 0.717) is 12.0 Å². The van der Waals surface area contributed by atoms with E-state index in [4.69, 9.17) is 5.73 Å². The molecule has 4 nitrogen and oxygen atoms in total. The highest BCUT2D eigenvalue weighted by Crippen LogP contribution is 2.36. The summed E-state index contributed by atoms with van der Waals surface area (Å²) in [7, 11) is 0. The molecular weight excluding hydrogens is 238 g/mol. The quantitative estimate of drug-likeness (QED) is 0.833. The van der Waals surface area contributed by atoms with E-state index in [1.807, 2.05) is 18.2 Å². The molecule has 3 rings (SSSR count). The lowest BCUT2D eigenvalue weighted by atomic mass is 9.99. The van der Waals surface area contributed by atoms with Crippen molar-refractivity contribution in [1.82, 2.24) is 9.55 Å². The fourth-order valence-corrected chi connectivity index (χ4v) is 3.38. The molecule has 3 N–H and O–H groups in total. The minimum absolute atomic E-state index is 0.0222. The van der Waals surface area contributed by atoms with Gasteiger partial charge in [-0.25, -0.2) is 4.98 Å². The minimum Gasteiger partial charge on any atom is -0.399 e. The van der Waals surface area contributed by atoms with Gasteiger partial charge in [0.1, 0.15) is 12.4 Å². The van der Waals surface area contributed by atoms with Crippen LogP contribution in [-0.2, 0) is 6.61 Å². The van der Waals surface area contributed by atoms with Crippen LogP contribution < -0.4 is 5.73 Å². The molecule has 1 aliphatic rings. The first kappa shape index (κ1) is 12.5. The van der Waals surface area contributed by atoms with Gasteiger partial charge in [0.2, 0.25) is 0 Å². The Balaban J connectivity index is 2.09. The SMILES string of the molecule is CC(C1CCCC1)n1c(CO)nc2cc(N)ccc21. The second kappa shape index (κ2) is 4.85. The summed E-state index contributed by atoms with van der Waals surface area (Å²) < 4.78 is 2.20. The van der Waals surface area contributed by atoms with Crippen LogP contribution in [0.3, 0.4) is 0 Å². The largest absolute Gasteiger partial charge is 0.399 e. The lowest BCUT2D eigenvalue weighted by Crippen LogP contribution is -2.16. The summed E-state index contributed by atoms with van der Waals surface area (Å²) in [6, 6.07) is 6.19. The van der Waals surface area contributed by atoms with Gasteiger partial charge in [-0.3, -0.25) is 0 Å². The van der Waals surface area contributed by atoms with Crippen LogP contribution in [0.4, 0.5) is 5.69 Å². The fraction of sp³-hybridized carbons (Fsp3) is 0.533. The number of aliphatic hydroxyl groups excluding tert-OH is 1. The Hall–Kier alpha value is -1.55. The number of nitrogen functional groups attached to an aromatic ring is 1. The van der Waals surface area contributed by atoms with Crippen molar-refractivity contribution in [2.24, 2.45) is 5.92 Å². The van der Waals surface area contributed by atoms with Crippen LogP contribution in [0.15, 0.2) is 18.2 Å². The minimum atomic E-state index is -0.0222. The van der Waals surface area contributed by atoms with E-state index in [1.54, 1.807) is 0 Å². The molecule has 0 radical (unpaired) electrons. The van der Waals surface area contributed by atoms with Crippen LogP contribution in [0, 0.1) is 5.92 Å². The van der Waals surface area contributed by atoms with Crippen molar-refractivity contribution in [2.45, 2.75) is 45.3 Å². The predicted octanol–water partition coefficient (Wildman–Crippen LogP) is 2.86. The molecule has 102 valence electrons. The summed E-state index contributed by atoms with van der Waals surface area (Å²) in [4.78, 5) is 4.52. The Bertz CT molecular complexity index is 584. The molecule has 1 aliphatic carbocycles. The summed E-state index contributed by atoms with van der Waals surface area (Å²) >= 11 is 0. The number of nitrogens with two attached hydrogens (primary N) is 1. The van der Waals surface area contributed by atoms with Gasteiger partial charge in [-0.1, -0.05) is 12.8 Å². The van der Waals surface area contributed by atoms with Crippen molar-refractivity contribution in [1.29, 1.82) is 0 Å². The van der Waals surface area contributed by atoms with Gasteiger partial charge < -0.3 is 15.4 Å². The first-order valence-electron chi connectivity index (χ1n) is 7.08. The average Bonchev–Trinajstić information content (AvgIpc) is 3.04. The van der Waals surface area contributed by atoms with Crippen molar-refractivity contribution < 1.29 is 5.11 Å². The second-order valence-corrected chi connectivity index (χ2v) is 5.59. The average molecular weight is 259 g/mol. The van der Waals surface area contributed by atoms with E-state index in [9.17, 15) is 5.11 Å². The number of benzene rings is 1. The molecule has 0 saturated heterocycles. The Morgan fingerprint density at radius 1 is 1.42 bits per heavy atom. The van der Waals surface area contributed by atoms with Gasteiger partial charge in [0, 0.05) is 11.7 Å². The van der Waals surface area contributed by atoms with Gasteiger partial charge >= 0.3 is 0 Å². The van der Waals surface area contributed by atoms with Crippen LogP contribution in [0.5, 0.6) is 0 Å². The zero-order valence-electron chi connectivity index (χ0n) is 11.3. The fourth-order valence-electron chi connectivity index (χ4n) is 3.38. The molecule has 0 amide bonds. The summed E-state index contributed by atoms with van der Waals surface area (Å²) in [5.41, 5.74) is 8.49. The van der Waals surface area contributed by atoms with Crippen molar-refractivity contribution >= 4 is 16.7 Å². The Morgan fingerprint density at radius 3 is 2.84 bits per heavy atom. The number of hydrogen-bond acceptors (Lipinski definition) is 3. The summed E-state index contributed by atoms with van der Waals surface area (Å²) in [6.45, 7) is 2.22. The molecule has 1 atom stereocenters. The van der Waals surface area contributed by atoms with E-state index in [-0.39, 0.29) is 6.61 Å². The number of anilines is 1. The molecule has 4 heteroatoms. The van der Waals surface area contributed by atoms with Crippen LogP contribution in [0.25, 0.3) is 11.0 Å². The molecule has 0 spiro atoms. The van der Waals surface area contributed by atoms with E-state index in [1.165, 1.54) is 25.7 Å². The molecule has 1 aromatic carbocycles. The number of nitrogens with zero attached hydrogens (tertiary/aromatic N) is 2. The molecule has 0 aliphatic heterocycles. The van der Waals surface area contributed by atoms with E-state index in [2.05, 4.69) is 16.5 Å². The van der Waals surface area contributed by atoms with Gasteiger partial charge in [-0.2, -0.15) is 0 Å². The topological polar surface area (TPSA) is 64.1 Å². The Labute approximate surface area is 113 Å². The van der Waals surface area contributed by atoms with E-state index in [0.717, 1.165) is 22.5 Å². The molecule has 19 heavy (non-hydrogen) atoms. The molecule has 1 fully saturated rings. The molecule has 1 saturated carbocycles. The Kier molecular flexibility index (Phi) is 3.19. The highest BCUT2D eigenvalue weighted by Gasteiger charge is 2.25. The smallest absolute Gasteiger partial charge is 0.135 e. The van der Waals surface area contributed by atoms with E-state index < -0.39 is 0 Å². The van der Waals surface area contributed by atoms with Crippen molar-refractivity contribution in [3.05, 3.63) is 24.0 Å². The predicted molar refractivity (Wildman–Crippen MR) is 76.7 cm³/mol. The molecule has 1 aromatic heterocycles. The van der Waals surface area contributed by atoms with Crippen molar-refractivity contribution in [2.75, 3.05) is 5.73 Å². The summed E-state index contributed by atoms with van der Waals surface area (Å²) in [6.07, 6.45) is 5.20. The number of fused-ring (bicyclic) bond motifs is 1. The van der Waals surface area contributed by atoms with Crippen LogP contribution in [-0.4, -0.2) is 14.7 Å². The van der Waals surface area contributed by atoms with Gasteiger partial charge in [0.05, 0.1) is 11.0 Å². The Morgan fingerprint density at radius 2 is 2.16 bits per heavy atom. The van der Waals surface area contributed by atoms with Crippen LogP contribution in [0.1, 0.15) is 44.5 Å². The molecule has 1 heterocycles. The number of imidazole rings is 1. The highest BCUT2D eigenvalue weighted by atomic mass is 16.3. The maximum atomic E-state index is 9.57. The third-order valence-corrected chi connectivity index (χ3v) is 4.42. The number of aliphatic hydroxyl groups is 1. The zero-order chi connectivity index (χ0) is 13.4. The third kappa shape index (κ3) is 2.10. The van der Waals surface area contributed by atoms with Gasteiger partial charge in [-0.05, 0) is 43.9 Å². The number of hydrogen-bond donors (Lipinski definition) is 2. The summed E-state index contributed by atoms with van der Waals surface area (Å²) in [5, 5.41) is 9.57. The van der Waals surface area contributed by atoms with Crippen molar-refractivity contribution in [3.63, 3.8) is 0 Å². The molecule has 2 aromatic rings. The maximum Gasteiger partial charge on any atom is 0.135 e. The van der Waals surface area contributed by atoms with Crippen molar-refractivity contribution in [3.8, 4) is 0 Å². The first-order valence-corrected chi connectivity index (χ1v) is 7.08. The summed E-state index contributed by atoms with van der Waals surface area (Å²) in [5.74, 6) is 1.44. The molecule has 0 bridgehead atoms. The lowest BCUT2D eigenvalue weighted by Gasteiger charge is -2.23. The van der Waals surface area contributed by atoms with Crippen LogP contribution in [0.2, 0.25) is 0 Å². The number of rotatable bonds is 3. The molecular formula is C15H21N3O. The zero-order valence-corrected chi connectivity index (χ0v) is 11.3. The maximum absolute atomic E-state index is 9.57. The van der Waals surface area contributed by atoms with E-state index >= 15 is 0 Å². The van der Waals surface area contributed by atoms with Gasteiger partial charge in [0.15, 0.2) is 0 Å². The lowest BCUT2D eigenvalue weighted by molar-refractivity contribution is 0.253. The first-order chi connectivity index (χ1) is 9.20. The third-order valence-electron chi connectivity index (χ3n) is 4.42. The van der Waals surface area contributed by atoms with Gasteiger partial charge in [-0.15, -0.1) is 0 Å². The van der Waals surface area contributed by atoms with Crippen LogP contribution >= 0.6 is 0 Å². The standard InChI is InChI=1S/C15H21N3O/c1-10(11-4-2-3-5-11)18-14-7-6-12(16)8-13(14)17-15(18)9-19/h6-8,10-11,19H,2-5,9,16H2,1H3. The highest BCUT2D eigenvalue weighted by molar-refractivity contribution is 5.79. The second-order valence-electron chi connectivity index (χ2n) is 5.59. The number of aromatic nitrogens is 2. The molecule has 1 unspecified atom stereocenters. The van der Waals surface area contributed by atoms with Gasteiger partial charge in [0.25, 0.3) is 0 Å².